The molecule has 0 radical (unpaired) electrons. The van der Waals surface area contributed by atoms with E-state index in [2.05, 4.69) is 0 Å². The number of Topliss-reactive ketones (excluding diaryl/α,β-unsaturated/α-hetero) is 2. The van der Waals surface area contributed by atoms with Crippen LogP contribution in [0.4, 0.5) is 0 Å². The van der Waals surface area contributed by atoms with Gasteiger partial charge in [-0.15, -0.1) is 23.5 Å². The fourth-order valence-electron chi connectivity index (χ4n) is 1.19. The summed E-state index contributed by atoms with van der Waals surface area (Å²) in [4.78, 5) is 23.5. The highest BCUT2D eigenvalue weighted by Gasteiger charge is 2.31. The van der Waals surface area contributed by atoms with Crippen LogP contribution in [-0.4, -0.2) is 44.2 Å². The van der Waals surface area contributed by atoms with Gasteiger partial charge in [-0.3, -0.25) is 9.59 Å². The zero-order valence-electron chi connectivity index (χ0n) is 11.1. The first-order valence-electron chi connectivity index (χ1n) is 6.12. The minimum Gasteiger partial charge on any atom is -0.375 e. The van der Waals surface area contributed by atoms with Crippen molar-refractivity contribution in [1.29, 1.82) is 0 Å². The maximum Gasteiger partial charge on any atom is 0.181 e. The molecule has 0 aromatic carbocycles. The van der Waals surface area contributed by atoms with Gasteiger partial charge in [0.05, 0.1) is 5.92 Å². The molecule has 6 heteroatoms. The van der Waals surface area contributed by atoms with Crippen LogP contribution in [0.2, 0.25) is 0 Å². The highest BCUT2D eigenvalue weighted by Crippen LogP contribution is 2.19. The number of thioether (sulfide) groups is 2. The Morgan fingerprint density at radius 2 is 1.28 bits per heavy atom. The molecule has 0 aliphatic rings. The lowest BCUT2D eigenvalue weighted by molar-refractivity contribution is -0.137. The number of hydrogen-bond acceptors (Lipinski definition) is 6. The lowest BCUT2D eigenvalue weighted by Crippen LogP contribution is -2.34. The van der Waals surface area contributed by atoms with E-state index in [0.717, 1.165) is 36.4 Å². The Hall–Kier alpha value is -0.0400. The molecule has 0 rings (SSSR count). The predicted molar refractivity (Wildman–Crippen MR) is 76.7 cm³/mol. The van der Waals surface area contributed by atoms with Crippen LogP contribution in [0.15, 0.2) is 0 Å². The third kappa shape index (κ3) is 6.22. The molecule has 4 nitrogen and oxygen atoms in total. The topological polar surface area (TPSA) is 74.6 Å². The molecule has 0 aromatic heterocycles. The van der Waals surface area contributed by atoms with Gasteiger partial charge < -0.3 is 10.2 Å². The summed E-state index contributed by atoms with van der Waals surface area (Å²) in [6.45, 7) is 5.34. The lowest BCUT2D eigenvalue weighted by Gasteiger charge is -2.16. The molecule has 0 saturated carbocycles. The minimum absolute atomic E-state index is 0.519. The van der Waals surface area contributed by atoms with E-state index in [1.807, 2.05) is 13.8 Å². The van der Waals surface area contributed by atoms with Gasteiger partial charge in [0.25, 0.3) is 0 Å². The molecule has 0 bridgehead atoms. The van der Waals surface area contributed by atoms with Gasteiger partial charge in [0.1, 0.15) is 0 Å². The second-order valence-corrected chi connectivity index (χ2v) is 6.35. The third-order valence-electron chi connectivity index (χ3n) is 2.30. The zero-order valence-corrected chi connectivity index (χ0v) is 12.7. The Bertz CT molecular complexity index is 245. The van der Waals surface area contributed by atoms with Gasteiger partial charge in [-0.25, -0.2) is 0 Å². The molecule has 0 saturated heterocycles. The quantitative estimate of drug-likeness (QED) is 0.472. The van der Waals surface area contributed by atoms with Crippen LogP contribution in [0.3, 0.4) is 0 Å². The Kier molecular flexibility index (Phi) is 9.81. The molecule has 0 amide bonds. The maximum atomic E-state index is 11.8. The summed E-state index contributed by atoms with van der Waals surface area (Å²) in [7, 11) is 0. The molecule has 0 aliphatic heterocycles. The fourth-order valence-corrected chi connectivity index (χ4v) is 2.85. The van der Waals surface area contributed by atoms with E-state index >= 15 is 0 Å². The van der Waals surface area contributed by atoms with Crippen molar-refractivity contribution in [2.24, 2.45) is 5.92 Å². The molecule has 2 atom stereocenters. The van der Waals surface area contributed by atoms with Gasteiger partial charge in [-0.2, -0.15) is 0 Å². The van der Waals surface area contributed by atoms with Crippen LogP contribution in [0.1, 0.15) is 33.6 Å². The zero-order chi connectivity index (χ0) is 14.1. The summed E-state index contributed by atoms with van der Waals surface area (Å²) in [5, 5.41) is 19.2. The van der Waals surface area contributed by atoms with Crippen molar-refractivity contribution in [2.45, 2.75) is 44.5 Å². The van der Waals surface area contributed by atoms with Crippen LogP contribution in [0, 0.1) is 5.92 Å². The van der Waals surface area contributed by atoms with Crippen molar-refractivity contribution in [3.8, 4) is 0 Å². The van der Waals surface area contributed by atoms with E-state index in [1.165, 1.54) is 6.92 Å². The van der Waals surface area contributed by atoms with E-state index in [9.17, 15) is 19.8 Å². The fraction of sp³-hybridized carbons (Fsp3) is 0.833. The summed E-state index contributed by atoms with van der Waals surface area (Å²) in [5.74, 6) is -0.657. The molecular weight excluding hydrogens is 272 g/mol. The van der Waals surface area contributed by atoms with Crippen LogP contribution in [-0.2, 0) is 9.59 Å². The summed E-state index contributed by atoms with van der Waals surface area (Å²) in [5.41, 5.74) is -2.35. The molecule has 0 fully saturated rings. The Labute approximate surface area is 117 Å². The normalized spacial score (nSPS) is 16.1. The van der Waals surface area contributed by atoms with Gasteiger partial charge in [0.15, 0.2) is 22.4 Å². The van der Waals surface area contributed by atoms with Crippen molar-refractivity contribution >= 4 is 35.1 Å². The first-order valence-corrected chi connectivity index (χ1v) is 8.22. The SMILES string of the molecule is CCCSC(O)C(=O)C(C)C(=O)C(O)SCCC. The van der Waals surface area contributed by atoms with Crippen molar-refractivity contribution in [2.75, 3.05) is 11.5 Å². The molecule has 18 heavy (non-hydrogen) atoms. The van der Waals surface area contributed by atoms with Gasteiger partial charge in [-0.05, 0) is 31.3 Å². The first-order chi connectivity index (χ1) is 8.45. The number of hydrogen-bond donors (Lipinski definition) is 2. The number of aliphatic hydroxyl groups is 2. The first kappa shape index (κ1) is 18.0. The van der Waals surface area contributed by atoms with Crippen molar-refractivity contribution in [3.63, 3.8) is 0 Å². The lowest BCUT2D eigenvalue weighted by atomic mass is 10.0. The molecule has 0 heterocycles. The largest absolute Gasteiger partial charge is 0.375 e. The summed E-state index contributed by atoms with van der Waals surface area (Å²) in [6.07, 6.45) is 1.71. The number of aliphatic hydroxyl groups excluding tert-OH is 2. The Morgan fingerprint density at radius 1 is 0.944 bits per heavy atom. The summed E-state index contributed by atoms with van der Waals surface area (Å²) in [6, 6.07) is 0. The maximum absolute atomic E-state index is 11.8. The van der Waals surface area contributed by atoms with Gasteiger partial charge in [-0.1, -0.05) is 13.8 Å². The minimum atomic E-state index is -1.17. The highest BCUT2D eigenvalue weighted by atomic mass is 32.2. The van der Waals surface area contributed by atoms with E-state index < -0.39 is 28.4 Å². The summed E-state index contributed by atoms with van der Waals surface area (Å²) < 4.78 is 0. The molecule has 0 spiro atoms. The molecule has 2 unspecified atom stereocenters. The molecule has 0 aromatic rings. The average Bonchev–Trinajstić information content (AvgIpc) is 2.39. The van der Waals surface area contributed by atoms with E-state index in [-0.39, 0.29) is 0 Å². The van der Waals surface area contributed by atoms with Crippen molar-refractivity contribution < 1.29 is 19.8 Å². The highest BCUT2D eigenvalue weighted by molar-refractivity contribution is 8.00. The summed E-state index contributed by atoms with van der Waals surface area (Å²) >= 11 is 2.25. The van der Waals surface area contributed by atoms with Gasteiger partial charge in [0.2, 0.25) is 0 Å². The second kappa shape index (κ2) is 9.83. The molecular formula is C12H22O4S2. The molecule has 0 aliphatic carbocycles. The van der Waals surface area contributed by atoms with Crippen molar-refractivity contribution in [3.05, 3.63) is 0 Å². The van der Waals surface area contributed by atoms with Crippen LogP contribution in [0.5, 0.6) is 0 Å². The van der Waals surface area contributed by atoms with Crippen LogP contribution >= 0.6 is 23.5 Å². The monoisotopic (exact) mass is 294 g/mol. The molecule has 2 N–H and O–H groups in total. The predicted octanol–water partition coefficient (Wildman–Crippen LogP) is 1.68. The second-order valence-electron chi connectivity index (χ2n) is 3.97. The molecule has 106 valence electrons. The van der Waals surface area contributed by atoms with Crippen LogP contribution < -0.4 is 0 Å². The number of carbonyl (C=O) groups excluding carboxylic acids is 2. The smallest absolute Gasteiger partial charge is 0.181 e. The van der Waals surface area contributed by atoms with E-state index in [4.69, 9.17) is 0 Å². The van der Waals surface area contributed by atoms with Crippen molar-refractivity contribution in [1.82, 2.24) is 0 Å². The van der Waals surface area contributed by atoms with E-state index in [0.29, 0.717) is 11.5 Å². The van der Waals surface area contributed by atoms with Crippen LogP contribution in [0.25, 0.3) is 0 Å². The Morgan fingerprint density at radius 3 is 1.56 bits per heavy atom. The Balaban J connectivity index is 4.30. The van der Waals surface area contributed by atoms with Gasteiger partial charge in [0, 0.05) is 0 Å². The number of ketones is 2. The standard InChI is InChI=1S/C12H22O4S2/c1-4-6-17-11(15)9(13)8(3)10(14)12(16)18-7-5-2/h8,11-12,15-16H,4-7H2,1-3H3. The van der Waals surface area contributed by atoms with Gasteiger partial charge >= 0.3 is 0 Å². The van der Waals surface area contributed by atoms with E-state index in [1.54, 1.807) is 0 Å². The number of carbonyl (C=O) groups is 2. The average molecular weight is 294 g/mol. The third-order valence-corrected chi connectivity index (χ3v) is 4.68. The number of rotatable bonds is 10.